The molecule has 2 aromatic carbocycles. The fourth-order valence-electron chi connectivity index (χ4n) is 2.30. The summed E-state index contributed by atoms with van der Waals surface area (Å²) in [6.07, 6.45) is -4.56. The molecule has 0 heterocycles. The fourth-order valence-corrected chi connectivity index (χ4v) is 2.48. The van der Waals surface area contributed by atoms with E-state index in [1.807, 2.05) is 0 Å². The quantitative estimate of drug-likeness (QED) is 0.822. The first kappa shape index (κ1) is 20.6. The van der Waals surface area contributed by atoms with Crippen molar-refractivity contribution >= 4 is 29.1 Å². The van der Waals surface area contributed by atoms with Crippen LogP contribution in [0.25, 0.3) is 0 Å². The molecule has 2 rings (SSSR count). The number of nitrogens with one attached hydrogen (secondary N) is 1. The smallest absolute Gasteiger partial charge is 0.416 e. The Morgan fingerprint density at radius 1 is 1.19 bits per heavy atom. The molecule has 0 bridgehead atoms. The van der Waals surface area contributed by atoms with Gasteiger partial charge in [0.2, 0.25) is 5.91 Å². The number of likely N-dealkylation sites (N-methyl/N-ethyl adjacent to an activating group) is 1. The van der Waals surface area contributed by atoms with Crippen LogP contribution in [0, 0.1) is 0 Å². The second kappa shape index (κ2) is 8.30. The van der Waals surface area contributed by atoms with Crippen LogP contribution >= 0.6 is 11.6 Å². The summed E-state index contributed by atoms with van der Waals surface area (Å²) in [6.45, 7) is -0.370. The van der Waals surface area contributed by atoms with Gasteiger partial charge >= 0.3 is 6.18 Å². The van der Waals surface area contributed by atoms with Crippen LogP contribution in [0.5, 0.6) is 5.75 Å². The Bertz CT molecular complexity index is 856. The number of hydrogen-bond acceptors (Lipinski definition) is 3. The van der Waals surface area contributed by atoms with E-state index in [1.54, 1.807) is 12.1 Å². The molecule has 1 N–H and O–H groups in total. The first-order valence-electron chi connectivity index (χ1n) is 7.68. The normalized spacial score (nSPS) is 11.0. The average Bonchev–Trinajstić information content (AvgIpc) is 2.60. The standard InChI is InChI=1S/C18H16ClF3N2O3/c1-24(17(26)11-4-3-5-12(8-11)18(20,21)22)10-16(25)23-14-9-13(19)6-7-15(14)27-2/h3-9H,10H2,1-2H3,(H,23,25). The van der Waals surface area contributed by atoms with Crippen molar-refractivity contribution in [2.24, 2.45) is 0 Å². The lowest BCUT2D eigenvalue weighted by Crippen LogP contribution is -2.35. The van der Waals surface area contributed by atoms with Crippen LogP contribution < -0.4 is 10.1 Å². The van der Waals surface area contributed by atoms with E-state index in [2.05, 4.69) is 5.32 Å². The lowest BCUT2D eigenvalue weighted by atomic mass is 10.1. The number of carbonyl (C=O) groups excluding carboxylic acids is 2. The zero-order valence-electron chi connectivity index (χ0n) is 14.4. The minimum Gasteiger partial charge on any atom is -0.495 e. The molecule has 0 radical (unpaired) electrons. The van der Waals surface area contributed by atoms with Crippen molar-refractivity contribution in [2.45, 2.75) is 6.18 Å². The first-order chi connectivity index (χ1) is 12.6. The van der Waals surface area contributed by atoms with Gasteiger partial charge < -0.3 is 15.0 Å². The number of rotatable bonds is 5. The van der Waals surface area contributed by atoms with Gasteiger partial charge in [0.1, 0.15) is 5.75 Å². The molecule has 9 heteroatoms. The highest BCUT2D eigenvalue weighted by Crippen LogP contribution is 2.30. The summed E-state index contributed by atoms with van der Waals surface area (Å²) in [7, 11) is 2.74. The van der Waals surface area contributed by atoms with E-state index in [4.69, 9.17) is 16.3 Å². The van der Waals surface area contributed by atoms with E-state index in [0.29, 0.717) is 16.5 Å². The molecule has 0 saturated heterocycles. The number of amides is 2. The third-order valence-corrected chi connectivity index (χ3v) is 3.84. The van der Waals surface area contributed by atoms with Crippen LogP contribution in [0.1, 0.15) is 15.9 Å². The number of hydrogen-bond donors (Lipinski definition) is 1. The summed E-state index contributed by atoms with van der Waals surface area (Å²) in [5, 5.41) is 2.93. The average molecular weight is 401 g/mol. The molecule has 0 saturated carbocycles. The molecule has 5 nitrogen and oxygen atoms in total. The van der Waals surface area contributed by atoms with E-state index in [1.165, 1.54) is 26.3 Å². The van der Waals surface area contributed by atoms with Crippen LogP contribution in [-0.4, -0.2) is 37.4 Å². The summed E-state index contributed by atoms with van der Waals surface area (Å²) in [5.74, 6) is -0.896. The monoisotopic (exact) mass is 400 g/mol. The van der Waals surface area contributed by atoms with Crippen molar-refractivity contribution in [3.63, 3.8) is 0 Å². The van der Waals surface area contributed by atoms with Gasteiger partial charge in [0.05, 0.1) is 24.9 Å². The SMILES string of the molecule is COc1ccc(Cl)cc1NC(=O)CN(C)C(=O)c1cccc(C(F)(F)F)c1. The third kappa shape index (κ3) is 5.37. The highest BCUT2D eigenvalue weighted by Gasteiger charge is 2.31. The van der Waals surface area contributed by atoms with Gasteiger partial charge in [-0.25, -0.2) is 0 Å². The largest absolute Gasteiger partial charge is 0.495 e. The van der Waals surface area contributed by atoms with E-state index < -0.39 is 23.6 Å². The van der Waals surface area contributed by atoms with E-state index in [0.717, 1.165) is 23.1 Å². The number of ether oxygens (including phenoxy) is 1. The predicted octanol–water partition coefficient (Wildman–Crippen LogP) is 4.08. The van der Waals surface area contributed by atoms with E-state index >= 15 is 0 Å². The number of nitrogens with zero attached hydrogens (tertiary/aromatic N) is 1. The second-order valence-corrected chi connectivity index (χ2v) is 6.07. The van der Waals surface area contributed by atoms with Crippen molar-refractivity contribution < 1.29 is 27.5 Å². The highest BCUT2D eigenvalue weighted by atomic mass is 35.5. The molecule has 2 amide bonds. The molecule has 144 valence electrons. The predicted molar refractivity (Wildman–Crippen MR) is 95.0 cm³/mol. The molecule has 0 aromatic heterocycles. The van der Waals surface area contributed by atoms with Gasteiger partial charge in [-0.15, -0.1) is 0 Å². The Balaban J connectivity index is 2.08. The van der Waals surface area contributed by atoms with Gasteiger partial charge in [-0.2, -0.15) is 13.2 Å². The van der Waals surface area contributed by atoms with Gasteiger partial charge in [-0.05, 0) is 36.4 Å². The summed E-state index contributed by atoms with van der Waals surface area (Å²) < 4.78 is 43.4. The van der Waals surface area contributed by atoms with Crippen molar-refractivity contribution in [3.05, 3.63) is 58.6 Å². The molecular weight excluding hydrogens is 385 g/mol. The van der Waals surface area contributed by atoms with Gasteiger partial charge in [0.25, 0.3) is 5.91 Å². The molecule has 27 heavy (non-hydrogen) atoms. The summed E-state index contributed by atoms with van der Waals surface area (Å²) >= 11 is 5.88. The van der Waals surface area contributed by atoms with E-state index in [-0.39, 0.29) is 12.1 Å². The first-order valence-corrected chi connectivity index (χ1v) is 8.05. The summed E-state index contributed by atoms with van der Waals surface area (Å²) in [5.41, 5.74) is -0.787. The highest BCUT2D eigenvalue weighted by molar-refractivity contribution is 6.31. The minimum atomic E-state index is -4.56. The Morgan fingerprint density at radius 2 is 1.89 bits per heavy atom. The maximum absolute atomic E-state index is 12.8. The molecule has 0 spiro atoms. The summed E-state index contributed by atoms with van der Waals surface area (Å²) in [6, 6.07) is 8.64. The molecule has 0 aliphatic carbocycles. The van der Waals surface area contributed by atoms with Gasteiger partial charge in [0, 0.05) is 17.6 Å². The summed E-state index contributed by atoms with van der Waals surface area (Å²) in [4.78, 5) is 25.5. The number of anilines is 1. The molecular formula is C18H16ClF3N2O3. The number of halogens is 4. The molecule has 0 aliphatic rings. The number of benzene rings is 2. The van der Waals surface area contributed by atoms with Gasteiger partial charge in [-0.3, -0.25) is 9.59 Å². The van der Waals surface area contributed by atoms with Crippen molar-refractivity contribution in [2.75, 3.05) is 26.0 Å². The fraction of sp³-hybridized carbons (Fsp3) is 0.222. The zero-order valence-corrected chi connectivity index (χ0v) is 15.2. The molecule has 0 fully saturated rings. The van der Waals surface area contributed by atoms with Crippen LogP contribution in [0.2, 0.25) is 5.02 Å². The maximum atomic E-state index is 12.8. The second-order valence-electron chi connectivity index (χ2n) is 5.63. The Kier molecular flexibility index (Phi) is 6.32. The van der Waals surface area contributed by atoms with Gasteiger partial charge in [0.15, 0.2) is 0 Å². The Hall–Kier alpha value is -2.74. The Labute approximate surface area is 158 Å². The van der Waals surface area contributed by atoms with Crippen molar-refractivity contribution in [1.29, 1.82) is 0 Å². The molecule has 0 aliphatic heterocycles. The number of methoxy groups -OCH3 is 1. The third-order valence-electron chi connectivity index (χ3n) is 3.60. The van der Waals surface area contributed by atoms with Crippen LogP contribution in [0.3, 0.4) is 0 Å². The van der Waals surface area contributed by atoms with Crippen LogP contribution in [0.15, 0.2) is 42.5 Å². The number of alkyl halides is 3. The Morgan fingerprint density at radius 3 is 2.52 bits per heavy atom. The van der Waals surface area contributed by atoms with Crippen molar-refractivity contribution in [1.82, 2.24) is 4.90 Å². The van der Waals surface area contributed by atoms with E-state index in [9.17, 15) is 22.8 Å². The van der Waals surface area contributed by atoms with Crippen LogP contribution in [-0.2, 0) is 11.0 Å². The topological polar surface area (TPSA) is 58.6 Å². The lowest BCUT2D eigenvalue weighted by Gasteiger charge is -2.18. The minimum absolute atomic E-state index is 0.166. The molecule has 2 aromatic rings. The lowest BCUT2D eigenvalue weighted by molar-refractivity contribution is -0.137. The molecule has 0 unspecified atom stereocenters. The zero-order chi connectivity index (χ0) is 20.2. The van der Waals surface area contributed by atoms with Crippen LogP contribution in [0.4, 0.5) is 18.9 Å². The maximum Gasteiger partial charge on any atom is 0.416 e. The van der Waals surface area contributed by atoms with Crippen molar-refractivity contribution in [3.8, 4) is 5.75 Å². The molecule has 0 atom stereocenters. The number of carbonyl (C=O) groups is 2. The van der Waals surface area contributed by atoms with Gasteiger partial charge in [-0.1, -0.05) is 17.7 Å².